The van der Waals surface area contributed by atoms with E-state index in [9.17, 15) is 18.0 Å². The molecule has 0 aliphatic carbocycles. The van der Waals surface area contributed by atoms with Gasteiger partial charge in [-0.3, -0.25) is 9.59 Å². The second kappa shape index (κ2) is 8.99. The number of thiophene rings is 1. The largest absolute Gasteiger partial charge is 0.455 e. The fraction of sp³-hybridized carbons (Fsp3) is 0.200. The highest BCUT2D eigenvalue weighted by atomic mass is 32.2. The maximum atomic E-state index is 11.7. The molecule has 0 saturated heterocycles. The second-order valence-electron chi connectivity index (χ2n) is 4.85. The third-order valence-corrected chi connectivity index (χ3v) is 5.82. The minimum absolute atomic E-state index is 0.0558. The van der Waals surface area contributed by atoms with Gasteiger partial charge in [0.25, 0.3) is 5.91 Å². The normalized spacial score (nSPS) is 11.1. The summed E-state index contributed by atoms with van der Waals surface area (Å²) in [6.07, 6.45) is 0. The summed E-state index contributed by atoms with van der Waals surface area (Å²) in [4.78, 5) is 24.4. The van der Waals surface area contributed by atoms with Crippen LogP contribution in [0.5, 0.6) is 0 Å². The van der Waals surface area contributed by atoms with Crippen LogP contribution in [-0.2, 0) is 30.1 Å². The van der Waals surface area contributed by atoms with E-state index in [0.717, 1.165) is 5.75 Å². The van der Waals surface area contributed by atoms with Gasteiger partial charge in [-0.25, -0.2) is 13.6 Å². The molecule has 0 aliphatic heterocycles. The van der Waals surface area contributed by atoms with Crippen molar-refractivity contribution in [2.45, 2.75) is 10.6 Å². The van der Waals surface area contributed by atoms with Crippen molar-refractivity contribution in [1.82, 2.24) is 0 Å². The van der Waals surface area contributed by atoms with Crippen LogP contribution in [0, 0.1) is 0 Å². The first-order chi connectivity index (χ1) is 11.8. The fourth-order valence-electron chi connectivity index (χ4n) is 1.74. The highest BCUT2D eigenvalue weighted by Gasteiger charge is 2.10. The van der Waals surface area contributed by atoms with Crippen LogP contribution in [0.2, 0.25) is 0 Å². The average molecular weight is 401 g/mol. The van der Waals surface area contributed by atoms with Crippen molar-refractivity contribution in [1.29, 1.82) is 0 Å². The van der Waals surface area contributed by atoms with Gasteiger partial charge in [-0.05, 0) is 35.7 Å². The monoisotopic (exact) mass is 400 g/mol. The van der Waals surface area contributed by atoms with Gasteiger partial charge in [-0.1, -0.05) is 6.07 Å². The third-order valence-electron chi connectivity index (χ3n) is 2.88. The fourth-order valence-corrected chi connectivity index (χ4v) is 3.92. The molecule has 1 amide bonds. The van der Waals surface area contributed by atoms with Crippen LogP contribution in [0.25, 0.3) is 0 Å². The smallest absolute Gasteiger partial charge is 0.316 e. The number of amides is 1. The molecule has 0 atom stereocenters. The predicted octanol–water partition coefficient (Wildman–Crippen LogP) is 1.81. The van der Waals surface area contributed by atoms with Crippen LogP contribution in [-0.4, -0.2) is 32.7 Å². The van der Waals surface area contributed by atoms with E-state index in [1.807, 2.05) is 17.5 Å². The molecule has 2 rings (SSSR count). The number of primary sulfonamides is 1. The Hall–Kier alpha value is -1.88. The van der Waals surface area contributed by atoms with Crippen molar-refractivity contribution < 1.29 is 22.7 Å². The Kier molecular flexibility index (Phi) is 7.00. The summed E-state index contributed by atoms with van der Waals surface area (Å²) in [5.74, 6) is -0.106. The lowest BCUT2D eigenvalue weighted by molar-refractivity contribution is -0.144. The van der Waals surface area contributed by atoms with Crippen molar-refractivity contribution in [3.05, 3.63) is 46.7 Å². The Morgan fingerprint density at radius 1 is 1.20 bits per heavy atom. The van der Waals surface area contributed by atoms with Crippen molar-refractivity contribution >= 4 is 50.7 Å². The van der Waals surface area contributed by atoms with Gasteiger partial charge < -0.3 is 10.1 Å². The number of thioether (sulfide) groups is 1. The molecule has 0 radical (unpaired) electrons. The van der Waals surface area contributed by atoms with Gasteiger partial charge >= 0.3 is 5.97 Å². The van der Waals surface area contributed by atoms with E-state index in [1.54, 1.807) is 11.3 Å². The molecule has 0 unspecified atom stereocenters. The summed E-state index contributed by atoms with van der Waals surface area (Å²) >= 11 is 3.03. The molecule has 1 heterocycles. The first-order valence-electron chi connectivity index (χ1n) is 7.03. The van der Waals surface area contributed by atoms with E-state index >= 15 is 0 Å². The number of esters is 1. The van der Waals surface area contributed by atoms with Crippen LogP contribution in [0.1, 0.15) is 4.88 Å². The number of ether oxygens (including phenoxy) is 1. The van der Waals surface area contributed by atoms with Crippen LogP contribution >= 0.6 is 23.1 Å². The molecule has 25 heavy (non-hydrogen) atoms. The molecule has 10 heteroatoms. The summed E-state index contributed by atoms with van der Waals surface area (Å²) in [6, 6.07) is 9.28. The Morgan fingerprint density at radius 3 is 2.52 bits per heavy atom. The molecule has 134 valence electrons. The maximum absolute atomic E-state index is 11.7. The average Bonchev–Trinajstić information content (AvgIpc) is 3.06. The number of carbonyl (C=O) groups excluding carboxylic acids is 2. The molecule has 0 fully saturated rings. The highest BCUT2D eigenvalue weighted by molar-refractivity contribution is 7.99. The van der Waals surface area contributed by atoms with Crippen molar-refractivity contribution in [2.75, 3.05) is 17.7 Å². The molecule has 0 aliphatic rings. The Morgan fingerprint density at radius 2 is 1.92 bits per heavy atom. The highest BCUT2D eigenvalue weighted by Crippen LogP contribution is 2.17. The maximum Gasteiger partial charge on any atom is 0.316 e. The zero-order chi connectivity index (χ0) is 18.3. The first-order valence-corrected chi connectivity index (χ1v) is 10.6. The minimum atomic E-state index is -3.78. The van der Waals surface area contributed by atoms with Crippen LogP contribution in [0.4, 0.5) is 5.69 Å². The van der Waals surface area contributed by atoms with Gasteiger partial charge in [-0.2, -0.15) is 0 Å². The Balaban J connectivity index is 1.70. The molecule has 1 aromatic heterocycles. The predicted molar refractivity (Wildman–Crippen MR) is 97.9 cm³/mol. The Labute approximate surface area is 153 Å². The topological polar surface area (TPSA) is 116 Å². The van der Waals surface area contributed by atoms with Gasteiger partial charge in [0.05, 0.1) is 10.6 Å². The van der Waals surface area contributed by atoms with E-state index in [0.29, 0.717) is 5.69 Å². The van der Waals surface area contributed by atoms with Gasteiger partial charge in [0.2, 0.25) is 10.0 Å². The van der Waals surface area contributed by atoms with Gasteiger partial charge in [0.15, 0.2) is 6.61 Å². The van der Waals surface area contributed by atoms with E-state index in [2.05, 4.69) is 5.32 Å². The third kappa shape index (κ3) is 6.86. The van der Waals surface area contributed by atoms with E-state index in [4.69, 9.17) is 9.88 Å². The summed E-state index contributed by atoms with van der Waals surface area (Å²) in [5.41, 5.74) is 0.375. The van der Waals surface area contributed by atoms with Crippen molar-refractivity contribution in [3.8, 4) is 0 Å². The number of rotatable bonds is 8. The summed E-state index contributed by atoms with van der Waals surface area (Å²) in [5, 5.41) is 9.45. The lowest BCUT2D eigenvalue weighted by Gasteiger charge is -2.07. The van der Waals surface area contributed by atoms with E-state index < -0.39 is 28.5 Å². The number of carbonyl (C=O) groups is 2. The number of hydrogen-bond donors (Lipinski definition) is 2. The number of anilines is 1. The summed E-state index contributed by atoms with van der Waals surface area (Å²) in [6.45, 7) is -0.407. The van der Waals surface area contributed by atoms with Gasteiger partial charge in [0, 0.05) is 16.3 Å². The van der Waals surface area contributed by atoms with Gasteiger partial charge in [0.1, 0.15) is 0 Å². The number of nitrogens with two attached hydrogens (primary N) is 1. The Bertz CT molecular complexity index is 817. The molecular weight excluding hydrogens is 384 g/mol. The van der Waals surface area contributed by atoms with Crippen LogP contribution < -0.4 is 10.5 Å². The summed E-state index contributed by atoms with van der Waals surface area (Å²) in [7, 11) is -3.78. The van der Waals surface area contributed by atoms with Crippen LogP contribution in [0.15, 0.2) is 46.7 Å². The zero-order valence-corrected chi connectivity index (χ0v) is 15.5. The quantitative estimate of drug-likeness (QED) is 0.653. The van der Waals surface area contributed by atoms with E-state index in [1.165, 1.54) is 40.9 Å². The molecule has 3 N–H and O–H groups in total. The molecule has 1 aromatic carbocycles. The van der Waals surface area contributed by atoms with Crippen molar-refractivity contribution in [3.63, 3.8) is 0 Å². The number of benzene rings is 1. The lowest BCUT2D eigenvalue weighted by Crippen LogP contribution is -2.21. The summed E-state index contributed by atoms with van der Waals surface area (Å²) < 4.78 is 27.2. The molecule has 0 bridgehead atoms. The number of nitrogens with one attached hydrogen (secondary N) is 1. The molecule has 2 aromatic rings. The molecular formula is C15H16N2O5S3. The van der Waals surface area contributed by atoms with Gasteiger partial charge in [-0.15, -0.1) is 23.1 Å². The van der Waals surface area contributed by atoms with Crippen LogP contribution in [0.3, 0.4) is 0 Å². The first kappa shape index (κ1) is 19.4. The minimum Gasteiger partial charge on any atom is -0.455 e. The lowest BCUT2D eigenvalue weighted by atomic mass is 10.3. The molecule has 0 spiro atoms. The molecule has 7 nitrogen and oxygen atoms in total. The zero-order valence-electron chi connectivity index (χ0n) is 13.0. The number of hydrogen-bond acceptors (Lipinski definition) is 7. The van der Waals surface area contributed by atoms with Crippen molar-refractivity contribution in [2.24, 2.45) is 5.14 Å². The molecule has 0 saturated carbocycles. The second-order valence-corrected chi connectivity index (χ2v) is 8.43. The SMILES string of the molecule is NS(=O)(=O)c1ccc(NC(=O)COC(=O)CSCc2cccs2)cc1. The standard InChI is InChI=1S/C15H16N2O5S3/c16-25(20,21)13-5-3-11(4-6-13)17-14(18)8-22-15(19)10-23-9-12-2-1-7-24-12/h1-7H,8-10H2,(H,17,18)(H2,16,20,21). The number of sulfonamides is 1. The van der Waals surface area contributed by atoms with E-state index in [-0.39, 0.29) is 10.6 Å².